The van der Waals surface area contributed by atoms with Crippen molar-refractivity contribution in [3.05, 3.63) is 59.9 Å². The number of halogens is 4. The molecular weight excluding hydrogens is 382 g/mol. The molecular formula is C18H19F4N3O3. The maximum Gasteiger partial charge on any atom is 0.573 e. The first-order valence-electron chi connectivity index (χ1n) is 8.16. The zero-order chi connectivity index (χ0) is 20.6. The van der Waals surface area contributed by atoms with E-state index in [9.17, 15) is 22.7 Å². The fourth-order valence-corrected chi connectivity index (χ4v) is 2.03. The van der Waals surface area contributed by atoms with Gasteiger partial charge in [-0.2, -0.15) is 0 Å². The van der Waals surface area contributed by atoms with E-state index in [2.05, 4.69) is 15.0 Å². The topological polar surface area (TPSA) is 89.1 Å². The number of guanidine groups is 1. The van der Waals surface area contributed by atoms with Crippen LogP contribution in [-0.2, 0) is 6.54 Å². The Morgan fingerprint density at radius 3 is 2.29 bits per heavy atom. The number of nitrogens with one attached hydrogen (secondary N) is 1. The van der Waals surface area contributed by atoms with E-state index < -0.39 is 12.5 Å². The molecule has 152 valence electrons. The van der Waals surface area contributed by atoms with Crippen molar-refractivity contribution < 1.29 is 32.1 Å². The number of aliphatic hydroxyl groups excluding tert-OH is 1. The fraction of sp³-hybridized carbons (Fsp3) is 0.278. The van der Waals surface area contributed by atoms with Gasteiger partial charge in [-0.15, -0.1) is 13.2 Å². The van der Waals surface area contributed by atoms with Gasteiger partial charge in [0.1, 0.15) is 30.0 Å². The van der Waals surface area contributed by atoms with Crippen LogP contribution in [0.15, 0.2) is 53.5 Å². The minimum atomic E-state index is -4.74. The Kier molecular flexibility index (Phi) is 7.44. The van der Waals surface area contributed by atoms with Crippen molar-refractivity contribution in [3.63, 3.8) is 0 Å². The van der Waals surface area contributed by atoms with E-state index in [-0.39, 0.29) is 37.2 Å². The summed E-state index contributed by atoms with van der Waals surface area (Å²) in [5.41, 5.74) is 6.30. The van der Waals surface area contributed by atoms with Gasteiger partial charge in [-0.25, -0.2) is 9.38 Å². The molecule has 28 heavy (non-hydrogen) atoms. The minimum absolute atomic E-state index is 0.0351. The maximum absolute atomic E-state index is 12.8. The molecule has 0 saturated heterocycles. The third kappa shape index (κ3) is 8.12. The Hall–Kier alpha value is -3.01. The molecule has 2 aromatic rings. The van der Waals surface area contributed by atoms with Gasteiger partial charge in [0.15, 0.2) is 5.96 Å². The summed E-state index contributed by atoms with van der Waals surface area (Å²) >= 11 is 0. The van der Waals surface area contributed by atoms with Crippen LogP contribution in [-0.4, -0.2) is 36.7 Å². The van der Waals surface area contributed by atoms with E-state index >= 15 is 0 Å². The van der Waals surface area contributed by atoms with Crippen molar-refractivity contribution in [2.45, 2.75) is 19.0 Å². The number of ether oxygens (including phenoxy) is 2. The number of aliphatic imine (C=N–C) groups is 1. The Bertz CT molecular complexity index is 765. The SMILES string of the molecule is NC(=NCc1ccc(OC(F)(F)F)cc1)NCC(O)COc1ccc(F)cc1. The lowest BCUT2D eigenvalue weighted by molar-refractivity contribution is -0.274. The zero-order valence-electron chi connectivity index (χ0n) is 14.6. The predicted octanol–water partition coefficient (Wildman–Crippen LogP) is 2.57. The van der Waals surface area contributed by atoms with Gasteiger partial charge >= 0.3 is 6.36 Å². The van der Waals surface area contributed by atoms with E-state index in [0.29, 0.717) is 11.3 Å². The molecule has 0 saturated carbocycles. The van der Waals surface area contributed by atoms with Crippen LogP contribution >= 0.6 is 0 Å². The molecule has 4 N–H and O–H groups in total. The van der Waals surface area contributed by atoms with Crippen LogP contribution in [0.25, 0.3) is 0 Å². The number of nitrogens with two attached hydrogens (primary N) is 1. The molecule has 0 fully saturated rings. The number of rotatable bonds is 8. The summed E-state index contributed by atoms with van der Waals surface area (Å²) in [6.07, 6.45) is -5.63. The first-order valence-corrected chi connectivity index (χ1v) is 8.16. The lowest BCUT2D eigenvalue weighted by Crippen LogP contribution is -2.39. The number of hydrogen-bond donors (Lipinski definition) is 3. The van der Waals surface area contributed by atoms with Gasteiger partial charge < -0.3 is 25.6 Å². The normalized spacial score (nSPS) is 13.1. The van der Waals surface area contributed by atoms with Gasteiger partial charge in [0.25, 0.3) is 0 Å². The first-order chi connectivity index (χ1) is 13.2. The van der Waals surface area contributed by atoms with Gasteiger partial charge in [-0.3, -0.25) is 0 Å². The van der Waals surface area contributed by atoms with Gasteiger partial charge in [-0.05, 0) is 42.0 Å². The van der Waals surface area contributed by atoms with Crippen LogP contribution in [0.4, 0.5) is 17.6 Å². The van der Waals surface area contributed by atoms with Gasteiger partial charge in [0, 0.05) is 6.54 Å². The molecule has 0 aliphatic heterocycles. The van der Waals surface area contributed by atoms with Crippen molar-refractivity contribution in [2.75, 3.05) is 13.2 Å². The molecule has 0 aromatic heterocycles. The van der Waals surface area contributed by atoms with E-state index in [1.807, 2.05) is 0 Å². The van der Waals surface area contributed by atoms with Crippen molar-refractivity contribution in [2.24, 2.45) is 10.7 Å². The highest BCUT2D eigenvalue weighted by atomic mass is 19.4. The Morgan fingerprint density at radius 1 is 1.07 bits per heavy atom. The summed E-state index contributed by atoms with van der Waals surface area (Å²) in [6.45, 7) is 0.161. The third-order valence-electron chi connectivity index (χ3n) is 3.36. The highest BCUT2D eigenvalue weighted by Crippen LogP contribution is 2.22. The summed E-state index contributed by atoms with van der Waals surface area (Å²) < 4.78 is 58.2. The summed E-state index contributed by atoms with van der Waals surface area (Å²) in [4.78, 5) is 4.03. The second-order valence-electron chi connectivity index (χ2n) is 5.69. The molecule has 0 aliphatic carbocycles. The van der Waals surface area contributed by atoms with Crippen molar-refractivity contribution in [3.8, 4) is 11.5 Å². The quantitative estimate of drug-likeness (QED) is 0.360. The van der Waals surface area contributed by atoms with Crippen LogP contribution in [0.1, 0.15) is 5.56 Å². The second kappa shape index (κ2) is 9.79. The first kappa shape index (κ1) is 21.3. The molecule has 0 amide bonds. The predicted molar refractivity (Wildman–Crippen MR) is 94.4 cm³/mol. The number of aliphatic hydroxyl groups is 1. The van der Waals surface area contributed by atoms with Crippen LogP contribution in [0, 0.1) is 5.82 Å². The fourth-order valence-electron chi connectivity index (χ4n) is 2.03. The van der Waals surface area contributed by atoms with E-state index in [1.54, 1.807) is 0 Å². The molecule has 6 nitrogen and oxygen atoms in total. The third-order valence-corrected chi connectivity index (χ3v) is 3.36. The summed E-state index contributed by atoms with van der Waals surface area (Å²) in [7, 11) is 0. The van der Waals surface area contributed by atoms with E-state index in [1.165, 1.54) is 48.5 Å². The smallest absolute Gasteiger partial charge is 0.491 e. The maximum atomic E-state index is 12.8. The van der Waals surface area contributed by atoms with E-state index in [0.717, 1.165) is 0 Å². The number of benzene rings is 2. The highest BCUT2D eigenvalue weighted by molar-refractivity contribution is 5.77. The summed E-state index contributed by atoms with van der Waals surface area (Å²) in [6, 6.07) is 10.6. The van der Waals surface area contributed by atoms with Crippen LogP contribution in [0.3, 0.4) is 0 Å². The molecule has 2 aromatic carbocycles. The second-order valence-corrected chi connectivity index (χ2v) is 5.69. The standard InChI is InChI=1S/C18H19F4N3O3/c19-13-3-7-15(8-4-13)27-11-14(26)10-25-17(23)24-9-12-1-5-16(6-2-12)28-18(20,21)22/h1-8,14,26H,9-11H2,(H3,23,24,25). The Morgan fingerprint density at radius 2 is 1.68 bits per heavy atom. The summed E-state index contributed by atoms with van der Waals surface area (Å²) in [5, 5.41) is 12.5. The minimum Gasteiger partial charge on any atom is -0.491 e. The van der Waals surface area contributed by atoms with Crippen LogP contribution < -0.4 is 20.5 Å². The largest absolute Gasteiger partial charge is 0.573 e. The zero-order valence-corrected chi connectivity index (χ0v) is 14.6. The monoisotopic (exact) mass is 401 g/mol. The molecule has 2 rings (SSSR count). The lowest BCUT2D eigenvalue weighted by Gasteiger charge is -2.13. The molecule has 0 spiro atoms. The molecule has 0 bridgehead atoms. The molecule has 0 heterocycles. The van der Waals surface area contributed by atoms with Gasteiger partial charge in [0.05, 0.1) is 6.54 Å². The summed E-state index contributed by atoms with van der Waals surface area (Å²) in [5.74, 6) is -0.242. The number of nitrogens with zero attached hydrogens (tertiary/aromatic N) is 1. The van der Waals surface area contributed by atoms with Crippen LogP contribution in [0.5, 0.6) is 11.5 Å². The average Bonchev–Trinajstić information content (AvgIpc) is 2.64. The lowest BCUT2D eigenvalue weighted by atomic mass is 10.2. The molecule has 0 radical (unpaired) electrons. The molecule has 1 unspecified atom stereocenters. The molecule has 10 heteroatoms. The van der Waals surface area contributed by atoms with Crippen molar-refractivity contribution >= 4 is 5.96 Å². The highest BCUT2D eigenvalue weighted by Gasteiger charge is 2.30. The Balaban J connectivity index is 1.72. The van der Waals surface area contributed by atoms with E-state index in [4.69, 9.17) is 10.5 Å². The molecule has 1 atom stereocenters. The van der Waals surface area contributed by atoms with Crippen molar-refractivity contribution in [1.29, 1.82) is 0 Å². The van der Waals surface area contributed by atoms with Crippen molar-refractivity contribution in [1.82, 2.24) is 5.32 Å². The van der Waals surface area contributed by atoms with Crippen LogP contribution in [0.2, 0.25) is 0 Å². The average molecular weight is 401 g/mol. The Labute approximate surface area is 158 Å². The van der Waals surface area contributed by atoms with Gasteiger partial charge in [-0.1, -0.05) is 12.1 Å². The number of hydrogen-bond acceptors (Lipinski definition) is 4. The molecule has 0 aliphatic rings. The van der Waals surface area contributed by atoms with Gasteiger partial charge in [0.2, 0.25) is 0 Å². The number of alkyl halides is 3.